The molecule has 0 aromatic carbocycles. The van der Waals surface area contributed by atoms with Crippen LogP contribution in [0.2, 0.25) is 0 Å². The van der Waals surface area contributed by atoms with Gasteiger partial charge in [0.25, 0.3) is 5.56 Å². The molecule has 0 radical (unpaired) electrons. The number of aliphatic hydroxyl groups is 1. The molecular formula is C12H18N2O4S. The van der Waals surface area contributed by atoms with Crippen LogP contribution in [-0.2, 0) is 4.74 Å². The summed E-state index contributed by atoms with van der Waals surface area (Å²) in [6.07, 6.45) is 0.478. The summed E-state index contributed by atoms with van der Waals surface area (Å²) in [6.45, 7) is 3.67. The molecule has 0 amide bonds. The van der Waals surface area contributed by atoms with Gasteiger partial charge in [0.05, 0.1) is 12.2 Å². The van der Waals surface area contributed by atoms with E-state index in [0.29, 0.717) is 17.7 Å². The van der Waals surface area contributed by atoms with Crippen molar-refractivity contribution in [3.05, 3.63) is 32.6 Å². The van der Waals surface area contributed by atoms with Crippen LogP contribution in [0, 0.1) is 6.92 Å². The second-order valence-electron chi connectivity index (χ2n) is 4.57. The monoisotopic (exact) mass is 286 g/mol. The van der Waals surface area contributed by atoms with E-state index in [9.17, 15) is 14.7 Å². The molecule has 1 aliphatic heterocycles. The summed E-state index contributed by atoms with van der Waals surface area (Å²) in [5.41, 5.74) is -0.446. The molecule has 6 nitrogen and oxygen atoms in total. The fourth-order valence-corrected chi connectivity index (χ4v) is 2.84. The van der Waals surface area contributed by atoms with Gasteiger partial charge in [-0.15, -0.1) is 0 Å². The molecule has 0 unspecified atom stereocenters. The maximum atomic E-state index is 11.7. The third-order valence-electron chi connectivity index (χ3n) is 3.15. The van der Waals surface area contributed by atoms with E-state index in [0.717, 1.165) is 5.75 Å². The van der Waals surface area contributed by atoms with Crippen molar-refractivity contribution in [3.63, 3.8) is 0 Å². The summed E-state index contributed by atoms with van der Waals surface area (Å²) in [6, 6.07) is 0. The number of ether oxygens (including phenoxy) is 1. The van der Waals surface area contributed by atoms with E-state index in [1.165, 1.54) is 10.8 Å². The van der Waals surface area contributed by atoms with Crippen LogP contribution in [0.3, 0.4) is 0 Å². The largest absolute Gasteiger partial charge is 0.390 e. The molecular weight excluding hydrogens is 268 g/mol. The summed E-state index contributed by atoms with van der Waals surface area (Å²) in [4.78, 5) is 25.3. The quantitative estimate of drug-likeness (QED) is 0.828. The Labute approximate surface area is 114 Å². The van der Waals surface area contributed by atoms with Crippen molar-refractivity contribution in [2.75, 3.05) is 11.5 Å². The smallest absolute Gasteiger partial charge is 0.330 e. The third-order valence-corrected chi connectivity index (χ3v) is 4.12. The number of aryl methyl sites for hydroxylation is 1. The van der Waals surface area contributed by atoms with Gasteiger partial charge in [-0.1, -0.05) is 6.92 Å². The van der Waals surface area contributed by atoms with Gasteiger partial charge in [0, 0.05) is 23.9 Å². The van der Waals surface area contributed by atoms with Gasteiger partial charge >= 0.3 is 5.69 Å². The van der Waals surface area contributed by atoms with E-state index < -0.39 is 23.6 Å². The Hall–Kier alpha value is -1.05. The van der Waals surface area contributed by atoms with Gasteiger partial charge in [-0.25, -0.2) is 4.79 Å². The van der Waals surface area contributed by atoms with Crippen LogP contribution >= 0.6 is 11.8 Å². The van der Waals surface area contributed by atoms with Gasteiger partial charge < -0.3 is 9.84 Å². The van der Waals surface area contributed by atoms with E-state index in [-0.39, 0.29) is 6.10 Å². The summed E-state index contributed by atoms with van der Waals surface area (Å²) in [7, 11) is 0. The molecule has 1 saturated heterocycles. The van der Waals surface area contributed by atoms with Gasteiger partial charge in [-0.3, -0.25) is 14.3 Å². The summed E-state index contributed by atoms with van der Waals surface area (Å²) in [5.74, 6) is 1.65. The first-order chi connectivity index (χ1) is 9.02. The van der Waals surface area contributed by atoms with Crippen molar-refractivity contribution in [1.29, 1.82) is 0 Å². The molecule has 2 N–H and O–H groups in total. The van der Waals surface area contributed by atoms with Crippen LogP contribution in [-0.4, -0.2) is 38.4 Å². The molecule has 0 bridgehead atoms. The number of rotatable bonds is 4. The van der Waals surface area contributed by atoms with E-state index in [2.05, 4.69) is 4.98 Å². The highest BCUT2D eigenvalue weighted by molar-refractivity contribution is 7.99. The molecule has 1 aromatic heterocycles. The Morgan fingerprint density at radius 2 is 2.32 bits per heavy atom. The predicted molar refractivity (Wildman–Crippen MR) is 73.6 cm³/mol. The molecule has 2 heterocycles. The molecule has 0 saturated carbocycles. The van der Waals surface area contributed by atoms with Crippen LogP contribution in [0.15, 0.2) is 15.8 Å². The lowest BCUT2D eigenvalue weighted by molar-refractivity contribution is -0.00763. The predicted octanol–water partition coefficient (Wildman–Crippen LogP) is 0.247. The Morgan fingerprint density at radius 3 is 3.00 bits per heavy atom. The Bertz CT molecular complexity index is 553. The minimum absolute atomic E-state index is 0.269. The van der Waals surface area contributed by atoms with E-state index in [4.69, 9.17) is 4.74 Å². The highest BCUT2D eigenvalue weighted by atomic mass is 32.2. The molecule has 1 aromatic rings. The fraction of sp³-hybridized carbons (Fsp3) is 0.667. The first-order valence-electron chi connectivity index (χ1n) is 6.26. The van der Waals surface area contributed by atoms with Crippen molar-refractivity contribution in [1.82, 2.24) is 9.55 Å². The lowest BCUT2D eigenvalue weighted by Gasteiger charge is -2.15. The van der Waals surface area contributed by atoms with Crippen LogP contribution in [0.25, 0.3) is 0 Å². The number of aromatic amines is 1. The number of hydrogen-bond donors (Lipinski definition) is 2. The van der Waals surface area contributed by atoms with Crippen molar-refractivity contribution < 1.29 is 9.84 Å². The third kappa shape index (κ3) is 3.10. The van der Waals surface area contributed by atoms with Crippen LogP contribution in [0.1, 0.15) is 25.1 Å². The molecule has 19 heavy (non-hydrogen) atoms. The zero-order valence-electron chi connectivity index (χ0n) is 11.0. The number of aromatic nitrogens is 2. The van der Waals surface area contributed by atoms with Crippen LogP contribution < -0.4 is 11.2 Å². The van der Waals surface area contributed by atoms with Gasteiger partial charge in [-0.05, 0) is 12.7 Å². The molecule has 106 valence electrons. The van der Waals surface area contributed by atoms with Crippen molar-refractivity contribution in [3.8, 4) is 0 Å². The molecule has 0 aliphatic carbocycles. The average molecular weight is 286 g/mol. The average Bonchev–Trinajstić information content (AvgIpc) is 2.72. The van der Waals surface area contributed by atoms with E-state index in [1.54, 1.807) is 18.7 Å². The minimum atomic E-state index is -0.580. The number of nitrogens with one attached hydrogen (secondary N) is 1. The summed E-state index contributed by atoms with van der Waals surface area (Å²) >= 11 is 1.69. The topological polar surface area (TPSA) is 84.3 Å². The molecule has 1 fully saturated rings. The van der Waals surface area contributed by atoms with E-state index in [1.807, 2.05) is 6.92 Å². The van der Waals surface area contributed by atoms with Crippen molar-refractivity contribution >= 4 is 11.8 Å². The summed E-state index contributed by atoms with van der Waals surface area (Å²) < 4.78 is 7.05. The minimum Gasteiger partial charge on any atom is -0.390 e. The highest BCUT2D eigenvalue weighted by Crippen LogP contribution is 2.29. The number of nitrogens with zero attached hydrogens (tertiary/aromatic N) is 1. The highest BCUT2D eigenvalue weighted by Gasteiger charge is 2.35. The SMILES string of the molecule is CCSC[C@H]1O[C@@H](n2cc(C)c(=O)[nH]c2=O)C[C@@H]1O. The Morgan fingerprint density at radius 1 is 1.58 bits per heavy atom. The lowest BCUT2D eigenvalue weighted by atomic mass is 10.2. The maximum absolute atomic E-state index is 11.7. The van der Waals surface area contributed by atoms with Crippen LogP contribution in [0.5, 0.6) is 0 Å². The van der Waals surface area contributed by atoms with E-state index >= 15 is 0 Å². The standard InChI is InChI=1S/C12H18N2O4S/c1-3-19-6-9-8(15)4-10(18-9)14-5-7(2)11(16)13-12(14)17/h5,8-10,15H,3-4,6H2,1-2H3,(H,13,16,17)/t8-,9+,10+/m0/s1. The number of hydrogen-bond acceptors (Lipinski definition) is 5. The second kappa shape index (κ2) is 5.94. The van der Waals surface area contributed by atoms with Gasteiger partial charge in [-0.2, -0.15) is 11.8 Å². The number of H-pyrrole nitrogens is 1. The van der Waals surface area contributed by atoms with Gasteiger partial charge in [0.15, 0.2) is 0 Å². The van der Waals surface area contributed by atoms with Gasteiger partial charge in [0.1, 0.15) is 6.23 Å². The summed E-state index contributed by atoms with van der Waals surface area (Å²) in [5, 5.41) is 9.94. The first-order valence-corrected chi connectivity index (χ1v) is 7.41. The molecule has 1 aliphatic rings. The van der Waals surface area contributed by atoms with Gasteiger partial charge in [0.2, 0.25) is 0 Å². The second-order valence-corrected chi connectivity index (χ2v) is 5.89. The van der Waals surface area contributed by atoms with Crippen LogP contribution in [0.4, 0.5) is 0 Å². The lowest BCUT2D eigenvalue weighted by Crippen LogP contribution is -2.33. The Balaban J connectivity index is 2.18. The molecule has 0 spiro atoms. The van der Waals surface area contributed by atoms with Crippen molar-refractivity contribution in [2.24, 2.45) is 0 Å². The number of aliphatic hydroxyl groups excluding tert-OH is 1. The Kier molecular flexibility index (Phi) is 4.49. The molecule has 3 atom stereocenters. The number of thioether (sulfide) groups is 1. The first kappa shape index (κ1) is 14.4. The van der Waals surface area contributed by atoms with Crippen molar-refractivity contribution in [2.45, 2.75) is 38.7 Å². The maximum Gasteiger partial charge on any atom is 0.330 e. The fourth-order valence-electron chi connectivity index (χ4n) is 2.07. The molecule has 2 rings (SSSR count). The zero-order chi connectivity index (χ0) is 14.0. The molecule has 7 heteroatoms. The normalized spacial score (nSPS) is 26.8. The zero-order valence-corrected chi connectivity index (χ0v) is 11.8.